The lowest BCUT2D eigenvalue weighted by Crippen LogP contribution is -2.26. The molecule has 0 bridgehead atoms. The van der Waals surface area contributed by atoms with Gasteiger partial charge in [0.05, 0.1) is 12.7 Å². The molecule has 100 valence electrons. The van der Waals surface area contributed by atoms with Crippen LogP contribution in [0.1, 0.15) is 51.5 Å². The maximum Gasteiger partial charge on any atom is 0.0720 e. The Morgan fingerprint density at radius 2 is 2.00 bits per heavy atom. The number of ether oxygens (including phenoxy) is 1. The minimum absolute atomic E-state index is 0.402. The molecule has 0 saturated heterocycles. The van der Waals surface area contributed by atoms with Crippen LogP contribution < -0.4 is 0 Å². The van der Waals surface area contributed by atoms with E-state index in [4.69, 9.17) is 4.74 Å². The molecule has 1 aromatic carbocycles. The molecule has 1 heteroatoms. The lowest BCUT2D eigenvalue weighted by Gasteiger charge is -2.32. The van der Waals surface area contributed by atoms with E-state index in [1.165, 1.54) is 37.7 Å². The lowest BCUT2D eigenvalue weighted by atomic mass is 9.78. The molecule has 0 aromatic heterocycles. The normalized spacial score (nSPS) is 25.9. The van der Waals surface area contributed by atoms with E-state index in [9.17, 15) is 0 Å². The lowest BCUT2D eigenvalue weighted by molar-refractivity contribution is -0.00564. The van der Waals surface area contributed by atoms with Crippen molar-refractivity contribution in [3.05, 3.63) is 35.9 Å². The monoisotopic (exact) mass is 246 g/mol. The Hall–Kier alpha value is -0.820. The van der Waals surface area contributed by atoms with Crippen LogP contribution in [-0.2, 0) is 11.3 Å². The van der Waals surface area contributed by atoms with E-state index in [1.54, 1.807) is 0 Å². The van der Waals surface area contributed by atoms with Gasteiger partial charge in [-0.3, -0.25) is 0 Å². The van der Waals surface area contributed by atoms with Crippen LogP contribution in [0.15, 0.2) is 30.3 Å². The molecule has 0 N–H and O–H groups in total. The Bertz CT molecular complexity index is 333. The van der Waals surface area contributed by atoms with Crippen molar-refractivity contribution >= 4 is 0 Å². The molecule has 1 nitrogen and oxygen atoms in total. The first-order valence-corrected chi connectivity index (χ1v) is 7.45. The van der Waals surface area contributed by atoms with Crippen molar-refractivity contribution in [1.29, 1.82) is 0 Å². The SMILES string of the molecule is CCC1CCCC(C(C)OCc2ccccc2)C1. The number of hydrogen-bond acceptors (Lipinski definition) is 1. The van der Waals surface area contributed by atoms with Crippen molar-refractivity contribution in [2.45, 2.75) is 58.7 Å². The average molecular weight is 246 g/mol. The molecule has 1 aromatic rings. The van der Waals surface area contributed by atoms with Gasteiger partial charge in [0, 0.05) is 0 Å². The average Bonchev–Trinajstić information content (AvgIpc) is 2.46. The van der Waals surface area contributed by atoms with Crippen molar-refractivity contribution in [1.82, 2.24) is 0 Å². The van der Waals surface area contributed by atoms with Gasteiger partial charge in [0.1, 0.15) is 0 Å². The van der Waals surface area contributed by atoms with Crippen LogP contribution in [0, 0.1) is 11.8 Å². The molecule has 1 saturated carbocycles. The molecule has 1 aliphatic carbocycles. The standard InChI is InChI=1S/C17H26O/c1-3-15-10-7-11-17(12-15)14(2)18-13-16-8-5-4-6-9-16/h4-6,8-9,14-15,17H,3,7,10-13H2,1-2H3. The summed E-state index contributed by atoms with van der Waals surface area (Å²) in [5.74, 6) is 1.71. The Balaban J connectivity index is 1.79. The fourth-order valence-electron chi connectivity index (χ4n) is 3.07. The number of rotatable bonds is 5. The highest BCUT2D eigenvalue weighted by Gasteiger charge is 2.25. The summed E-state index contributed by atoms with van der Waals surface area (Å²) >= 11 is 0. The summed E-state index contributed by atoms with van der Waals surface area (Å²) in [4.78, 5) is 0. The summed E-state index contributed by atoms with van der Waals surface area (Å²) in [6.45, 7) is 5.34. The van der Waals surface area contributed by atoms with Crippen molar-refractivity contribution in [3.8, 4) is 0 Å². The summed E-state index contributed by atoms with van der Waals surface area (Å²) in [6.07, 6.45) is 7.28. The number of hydrogen-bond donors (Lipinski definition) is 0. The molecule has 0 spiro atoms. The second-order valence-corrected chi connectivity index (χ2v) is 5.70. The zero-order valence-corrected chi connectivity index (χ0v) is 11.8. The summed E-state index contributed by atoms with van der Waals surface area (Å²) in [6, 6.07) is 10.5. The molecule has 0 amide bonds. The summed E-state index contributed by atoms with van der Waals surface area (Å²) < 4.78 is 6.06. The van der Waals surface area contributed by atoms with Gasteiger partial charge in [-0.05, 0) is 37.2 Å². The second-order valence-electron chi connectivity index (χ2n) is 5.70. The van der Waals surface area contributed by atoms with Crippen LogP contribution in [0.3, 0.4) is 0 Å². The third-order valence-electron chi connectivity index (χ3n) is 4.42. The second kappa shape index (κ2) is 6.94. The fraction of sp³-hybridized carbons (Fsp3) is 0.647. The van der Waals surface area contributed by atoms with Gasteiger partial charge < -0.3 is 4.74 Å². The quantitative estimate of drug-likeness (QED) is 0.724. The van der Waals surface area contributed by atoms with Gasteiger partial charge in [-0.1, -0.05) is 56.5 Å². The van der Waals surface area contributed by atoms with Crippen molar-refractivity contribution in [3.63, 3.8) is 0 Å². The molecule has 18 heavy (non-hydrogen) atoms. The van der Waals surface area contributed by atoms with Gasteiger partial charge >= 0.3 is 0 Å². The van der Waals surface area contributed by atoms with E-state index < -0.39 is 0 Å². The smallest absolute Gasteiger partial charge is 0.0720 e. The van der Waals surface area contributed by atoms with Crippen LogP contribution in [0.2, 0.25) is 0 Å². The van der Waals surface area contributed by atoms with Crippen LogP contribution in [-0.4, -0.2) is 6.10 Å². The summed E-state index contributed by atoms with van der Waals surface area (Å²) in [7, 11) is 0. The summed E-state index contributed by atoms with van der Waals surface area (Å²) in [5.41, 5.74) is 1.28. The van der Waals surface area contributed by atoms with Crippen LogP contribution >= 0.6 is 0 Å². The van der Waals surface area contributed by atoms with E-state index >= 15 is 0 Å². The molecule has 3 atom stereocenters. The largest absolute Gasteiger partial charge is 0.374 e. The van der Waals surface area contributed by atoms with E-state index in [0.29, 0.717) is 6.10 Å². The molecule has 3 unspecified atom stereocenters. The van der Waals surface area contributed by atoms with E-state index in [1.807, 2.05) is 0 Å². The van der Waals surface area contributed by atoms with Crippen molar-refractivity contribution in [2.75, 3.05) is 0 Å². The third-order valence-corrected chi connectivity index (χ3v) is 4.42. The first-order chi connectivity index (χ1) is 8.79. The Labute approximate surface area is 112 Å². The topological polar surface area (TPSA) is 9.23 Å². The van der Waals surface area contributed by atoms with E-state index in [-0.39, 0.29) is 0 Å². The van der Waals surface area contributed by atoms with Crippen LogP contribution in [0.25, 0.3) is 0 Å². The highest BCUT2D eigenvalue weighted by Crippen LogP contribution is 2.33. The predicted octanol–water partition coefficient (Wildman–Crippen LogP) is 4.81. The molecule has 0 heterocycles. The Morgan fingerprint density at radius 1 is 1.22 bits per heavy atom. The first-order valence-electron chi connectivity index (χ1n) is 7.45. The van der Waals surface area contributed by atoms with E-state index in [0.717, 1.165) is 18.4 Å². The Kier molecular flexibility index (Phi) is 5.25. The molecule has 0 radical (unpaired) electrons. The van der Waals surface area contributed by atoms with E-state index in [2.05, 4.69) is 44.2 Å². The molecular formula is C17H26O. The van der Waals surface area contributed by atoms with Gasteiger partial charge in [-0.2, -0.15) is 0 Å². The minimum atomic E-state index is 0.402. The molecule has 1 fully saturated rings. The molecule has 0 aliphatic heterocycles. The fourth-order valence-corrected chi connectivity index (χ4v) is 3.07. The zero-order valence-electron chi connectivity index (χ0n) is 11.8. The van der Waals surface area contributed by atoms with Gasteiger partial charge in [-0.15, -0.1) is 0 Å². The van der Waals surface area contributed by atoms with Crippen molar-refractivity contribution in [2.24, 2.45) is 11.8 Å². The molecular weight excluding hydrogens is 220 g/mol. The van der Waals surface area contributed by atoms with Gasteiger partial charge in [0.2, 0.25) is 0 Å². The molecule has 2 rings (SSSR count). The Morgan fingerprint density at radius 3 is 2.72 bits per heavy atom. The van der Waals surface area contributed by atoms with Crippen LogP contribution in [0.5, 0.6) is 0 Å². The van der Waals surface area contributed by atoms with Crippen LogP contribution in [0.4, 0.5) is 0 Å². The third kappa shape index (κ3) is 3.84. The van der Waals surface area contributed by atoms with Crippen molar-refractivity contribution < 1.29 is 4.74 Å². The maximum absolute atomic E-state index is 6.06. The summed E-state index contributed by atoms with van der Waals surface area (Å²) in [5, 5.41) is 0. The van der Waals surface area contributed by atoms with Gasteiger partial charge in [-0.25, -0.2) is 0 Å². The first kappa shape index (κ1) is 13.6. The highest BCUT2D eigenvalue weighted by atomic mass is 16.5. The zero-order chi connectivity index (χ0) is 12.8. The highest BCUT2D eigenvalue weighted by molar-refractivity contribution is 5.13. The number of benzene rings is 1. The predicted molar refractivity (Wildman–Crippen MR) is 76.4 cm³/mol. The van der Waals surface area contributed by atoms with Gasteiger partial charge in [0.15, 0.2) is 0 Å². The molecule has 1 aliphatic rings. The maximum atomic E-state index is 6.06. The van der Waals surface area contributed by atoms with Gasteiger partial charge in [0.25, 0.3) is 0 Å². The minimum Gasteiger partial charge on any atom is -0.374 e.